The minimum Gasteiger partial charge on any atom is -0.481 e. The fourth-order valence-corrected chi connectivity index (χ4v) is 1.33. The van der Waals surface area contributed by atoms with Gasteiger partial charge in [0.05, 0.1) is 12.7 Å². The molecule has 0 aromatic rings. The zero-order chi connectivity index (χ0) is 8.97. The van der Waals surface area contributed by atoms with E-state index in [2.05, 4.69) is 4.90 Å². The zero-order valence-electron chi connectivity index (χ0n) is 7.32. The van der Waals surface area contributed by atoms with Crippen molar-refractivity contribution in [3.05, 3.63) is 0 Å². The van der Waals surface area contributed by atoms with Crippen molar-refractivity contribution in [2.45, 2.75) is 18.9 Å². The summed E-state index contributed by atoms with van der Waals surface area (Å²) in [6, 6.07) is 0. The number of carboxylic acid groups (broad SMARTS) is 1. The van der Waals surface area contributed by atoms with E-state index >= 15 is 0 Å². The molecule has 0 amide bonds. The monoisotopic (exact) mass is 173 g/mol. The average molecular weight is 173 g/mol. The van der Waals surface area contributed by atoms with Gasteiger partial charge in [0.2, 0.25) is 0 Å². The molecule has 1 saturated heterocycles. The SMILES string of the molecule is CN1CCOC(CCC(=O)O)C1. The van der Waals surface area contributed by atoms with Crippen LogP contribution in [0.1, 0.15) is 12.8 Å². The molecule has 0 aromatic carbocycles. The second-order valence-corrected chi connectivity index (χ2v) is 3.19. The van der Waals surface area contributed by atoms with Crippen molar-refractivity contribution in [1.29, 1.82) is 0 Å². The number of ether oxygens (including phenoxy) is 1. The van der Waals surface area contributed by atoms with E-state index in [0.29, 0.717) is 6.42 Å². The highest BCUT2D eigenvalue weighted by Gasteiger charge is 2.17. The first kappa shape index (κ1) is 9.48. The Morgan fingerprint density at radius 3 is 3.08 bits per heavy atom. The summed E-state index contributed by atoms with van der Waals surface area (Å²) in [6.45, 7) is 2.53. The lowest BCUT2D eigenvalue weighted by Gasteiger charge is -2.29. The molecule has 1 N–H and O–H groups in total. The number of hydrogen-bond acceptors (Lipinski definition) is 3. The maximum atomic E-state index is 10.3. The number of likely N-dealkylation sites (N-methyl/N-ethyl adjacent to an activating group) is 1. The van der Waals surface area contributed by atoms with Gasteiger partial charge in [-0.25, -0.2) is 0 Å². The molecule has 1 aliphatic rings. The van der Waals surface area contributed by atoms with Crippen molar-refractivity contribution < 1.29 is 14.6 Å². The summed E-state index contributed by atoms with van der Waals surface area (Å²) < 4.78 is 5.39. The number of nitrogens with zero attached hydrogens (tertiary/aromatic N) is 1. The van der Waals surface area contributed by atoms with Crippen molar-refractivity contribution >= 4 is 5.97 Å². The Hall–Kier alpha value is -0.610. The van der Waals surface area contributed by atoms with Gasteiger partial charge < -0.3 is 14.7 Å². The molecule has 4 heteroatoms. The fraction of sp³-hybridized carbons (Fsp3) is 0.875. The molecular weight excluding hydrogens is 158 g/mol. The van der Waals surface area contributed by atoms with Gasteiger partial charge in [-0.15, -0.1) is 0 Å². The summed E-state index contributed by atoms with van der Waals surface area (Å²) in [5.74, 6) is -0.744. The maximum absolute atomic E-state index is 10.3. The van der Waals surface area contributed by atoms with Gasteiger partial charge >= 0.3 is 5.97 Å². The fourth-order valence-electron chi connectivity index (χ4n) is 1.33. The number of carbonyl (C=O) groups is 1. The molecule has 1 heterocycles. The van der Waals surface area contributed by atoms with Gasteiger partial charge in [-0.3, -0.25) is 4.79 Å². The quantitative estimate of drug-likeness (QED) is 0.661. The van der Waals surface area contributed by atoms with Crippen LogP contribution in [0.2, 0.25) is 0 Å². The van der Waals surface area contributed by atoms with Crippen molar-refractivity contribution in [3.8, 4) is 0 Å². The topological polar surface area (TPSA) is 49.8 Å². The van der Waals surface area contributed by atoms with Crippen molar-refractivity contribution in [2.24, 2.45) is 0 Å². The smallest absolute Gasteiger partial charge is 0.303 e. The molecule has 0 saturated carbocycles. The van der Waals surface area contributed by atoms with E-state index in [9.17, 15) is 4.79 Å². The molecule has 0 radical (unpaired) electrons. The Morgan fingerprint density at radius 1 is 1.75 bits per heavy atom. The Balaban J connectivity index is 2.18. The molecule has 0 aromatic heterocycles. The third-order valence-corrected chi connectivity index (χ3v) is 2.02. The molecule has 0 aliphatic carbocycles. The molecule has 1 unspecified atom stereocenters. The zero-order valence-corrected chi connectivity index (χ0v) is 7.32. The first-order chi connectivity index (χ1) is 5.68. The van der Waals surface area contributed by atoms with E-state index in [-0.39, 0.29) is 12.5 Å². The van der Waals surface area contributed by atoms with Gasteiger partial charge in [-0.05, 0) is 13.5 Å². The Bertz CT molecular complexity index is 160. The normalized spacial score (nSPS) is 25.6. The second kappa shape index (κ2) is 4.42. The van der Waals surface area contributed by atoms with E-state index in [4.69, 9.17) is 9.84 Å². The van der Waals surface area contributed by atoms with Crippen LogP contribution in [-0.2, 0) is 9.53 Å². The van der Waals surface area contributed by atoms with Crippen LogP contribution in [0.3, 0.4) is 0 Å². The highest BCUT2D eigenvalue weighted by Crippen LogP contribution is 2.08. The van der Waals surface area contributed by atoms with Crippen molar-refractivity contribution in [3.63, 3.8) is 0 Å². The van der Waals surface area contributed by atoms with Crippen molar-refractivity contribution in [2.75, 3.05) is 26.7 Å². The Labute approximate surface area is 72.1 Å². The molecule has 0 spiro atoms. The maximum Gasteiger partial charge on any atom is 0.303 e. The largest absolute Gasteiger partial charge is 0.481 e. The molecule has 1 aliphatic heterocycles. The second-order valence-electron chi connectivity index (χ2n) is 3.19. The van der Waals surface area contributed by atoms with E-state index in [1.165, 1.54) is 0 Å². The predicted molar refractivity (Wildman–Crippen MR) is 44.1 cm³/mol. The van der Waals surface area contributed by atoms with Gasteiger partial charge in [0.1, 0.15) is 0 Å². The molecule has 70 valence electrons. The highest BCUT2D eigenvalue weighted by atomic mass is 16.5. The number of morpholine rings is 1. The number of carboxylic acids is 1. The van der Waals surface area contributed by atoms with Gasteiger partial charge in [-0.1, -0.05) is 0 Å². The van der Waals surface area contributed by atoms with Crippen LogP contribution >= 0.6 is 0 Å². The van der Waals surface area contributed by atoms with Crippen LogP contribution in [0.4, 0.5) is 0 Å². The average Bonchev–Trinajstić information content (AvgIpc) is 2.01. The first-order valence-electron chi connectivity index (χ1n) is 4.20. The summed E-state index contributed by atoms with van der Waals surface area (Å²) in [5.41, 5.74) is 0. The third kappa shape index (κ3) is 3.19. The van der Waals surface area contributed by atoms with E-state index in [0.717, 1.165) is 19.7 Å². The molecule has 12 heavy (non-hydrogen) atoms. The minimum atomic E-state index is -0.744. The van der Waals surface area contributed by atoms with Gasteiger partial charge in [0, 0.05) is 19.5 Å². The molecule has 0 bridgehead atoms. The van der Waals surface area contributed by atoms with E-state index in [1.807, 2.05) is 7.05 Å². The lowest BCUT2D eigenvalue weighted by atomic mass is 10.1. The summed E-state index contributed by atoms with van der Waals surface area (Å²) >= 11 is 0. The number of hydrogen-bond donors (Lipinski definition) is 1. The van der Waals surface area contributed by atoms with Crippen LogP contribution in [0.15, 0.2) is 0 Å². The molecule has 1 rings (SSSR count). The van der Waals surface area contributed by atoms with Crippen LogP contribution in [0.25, 0.3) is 0 Å². The molecular formula is C8H15NO3. The van der Waals surface area contributed by atoms with Crippen LogP contribution < -0.4 is 0 Å². The van der Waals surface area contributed by atoms with Crippen LogP contribution in [0, 0.1) is 0 Å². The van der Waals surface area contributed by atoms with E-state index < -0.39 is 5.97 Å². The summed E-state index contributed by atoms with van der Waals surface area (Å²) in [4.78, 5) is 12.4. The van der Waals surface area contributed by atoms with E-state index in [1.54, 1.807) is 0 Å². The number of rotatable bonds is 3. The molecule has 1 atom stereocenters. The Kier molecular flexibility index (Phi) is 3.49. The summed E-state index contributed by atoms with van der Waals surface area (Å²) in [7, 11) is 2.02. The standard InChI is InChI=1S/C8H15NO3/c1-9-4-5-12-7(6-9)2-3-8(10)11/h7H,2-6H2,1H3,(H,10,11). The first-order valence-corrected chi connectivity index (χ1v) is 4.20. The van der Waals surface area contributed by atoms with Gasteiger partial charge in [0.25, 0.3) is 0 Å². The minimum absolute atomic E-state index is 0.111. The third-order valence-electron chi connectivity index (χ3n) is 2.02. The lowest BCUT2D eigenvalue weighted by molar-refractivity contribution is -0.138. The van der Waals surface area contributed by atoms with Crippen LogP contribution in [-0.4, -0.2) is 48.8 Å². The lowest BCUT2D eigenvalue weighted by Crippen LogP contribution is -2.40. The highest BCUT2D eigenvalue weighted by molar-refractivity contribution is 5.66. The summed E-state index contributed by atoms with van der Waals surface area (Å²) in [5, 5.41) is 8.44. The predicted octanol–water partition coefficient (Wildman–Crippen LogP) is 0.182. The van der Waals surface area contributed by atoms with Crippen LogP contribution in [0.5, 0.6) is 0 Å². The molecule has 4 nitrogen and oxygen atoms in total. The number of aliphatic carboxylic acids is 1. The Morgan fingerprint density at radius 2 is 2.50 bits per heavy atom. The summed E-state index contributed by atoms with van der Waals surface area (Å²) in [6.07, 6.45) is 0.942. The van der Waals surface area contributed by atoms with Crippen molar-refractivity contribution in [1.82, 2.24) is 4.90 Å². The van der Waals surface area contributed by atoms with Gasteiger partial charge in [0.15, 0.2) is 0 Å². The van der Waals surface area contributed by atoms with Gasteiger partial charge in [-0.2, -0.15) is 0 Å². The molecule has 1 fully saturated rings.